The molecule has 1 heterocycles. The quantitative estimate of drug-likeness (QED) is 0.759. The highest BCUT2D eigenvalue weighted by atomic mass is 14.9. The van der Waals surface area contributed by atoms with Crippen molar-refractivity contribution in [3.63, 3.8) is 0 Å². The van der Waals surface area contributed by atoms with Crippen molar-refractivity contribution in [2.75, 3.05) is 5.73 Å². The first kappa shape index (κ1) is 11.7. The van der Waals surface area contributed by atoms with Crippen LogP contribution < -0.4 is 5.73 Å². The smallest absolute Gasteiger partial charge is 0.135 e. The Morgan fingerprint density at radius 2 is 1.68 bits per heavy atom. The SMILES string of the molecule is Cc1ccc(Cc2nc(N)c3ccccc3n2)cc1. The van der Waals surface area contributed by atoms with Crippen LogP contribution in [0.15, 0.2) is 48.5 Å². The van der Waals surface area contributed by atoms with Crippen LogP contribution in [0, 0.1) is 6.92 Å². The molecule has 0 aliphatic carbocycles. The molecule has 0 spiro atoms. The number of aryl methyl sites for hydroxylation is 1. The molecule has 0 fully saturated rings. The lowest BCUT2D eigenvalue weighted by atomic mass is 10.1. The summed E-state index contributed by atoms with van der Waals surface area (Å²) in [6, 6.07) is 16.2. The Morgan fingerprint density at radius 3 is 2.47 bits per heavy atom. The number of nitrogen functional groups attached to an aromatic ring is 1. The molecular formula is C16H15N3. The number of para-hydroxylation sites is 1. The molecule has 3 heteroatoms. The van der Waals surface area contributed by atoms with Crippen molar-refractivity contribution in [1.29, 1.82) is 0 Å². The maximum atomic E-state index is 5.98. The van der Waals surface area contributed by atoms with E-state index >= 15 is 0 Å². The Kier molecular flexibility index (Phi) is 2.88. The normalized spacial score (nSPS) is 10.8. The zero-order valence-corrected chi connectivity index (χ0v) is 10.8. The predicted octanol–water partition coefficient (Wildman–Crippen LogP) is 3.11. The number of anilines is 1. The van der Waals surface area contributed by atoms with E-state index in [1.54, 1.807) is 0 Å². The van der Waals surface area contributed by atoms with Gasteiger partial charge in [-0.1, -0.05) is 42.0 Å². The average molecular weight is 249 g/mol. The fourth-order valence-corrected chi connectivity index (χ4v) is 2.12. The van der Waals surface area contributed by atoms with Crippen LogP contribution in [0.1, 0.15) is 17.0 Å². The molecule has 3 nitrogen and oxygen atoms in total. The number of rotatable bonds is 2. The summed E-state index contributed by atoms with van der Waals surface area (Å²) in [5.41, 5.74) is 9.33. The van der Waals surface area contributed by atoms with Gasteiger partial charge in [0, 0.05) is 11.8 Å². The summed E-state index contributed by atoms with van der Waals surface area (Å²) in [5, 5.41) is 0.912. The molecule has 0 bridgehead atoms. The van der Waals surface area contributed by atoms with E-state index < -0.39 is 0 Å². The summed E-state index contributed by atoms with van der Waals surface area (Å²) in [5.74, 6) is 1.31. The Morgan fingerprint density at radius 1 is 0.947 bits per heavy atom. The summed E-state index contributed by atoms with van der Waals surface area (Å²) in [6.07, 6.45) is 0.704. The third-order valence-corrected chi connectivity index (χ3v) is 3.16. The molecule has 0 saturated heterocycles. The van der Waals surface area contributed by atoms with Gasteiger partial charge in [-0.3, -0.25) is 0 Å². The van der Waals surface area contributed by atoms with E-state index in [-0.39, 0.29) is 0 Å². The summed E-state index contributed by atoms with van der Waals surface area (Å²) in [7, 11) is 0. The van der Waals surface area contributed by atoms with Gasteiger partial charge < -0.3 is 5.73 Å². The van der Waals surface area contributed by atoms with Crippen LogP contribution in [0.4, 0.5) is 5.82 Å². The van der Waals surface area contributed by atoms with Crippen molar-refractivity contribution in [3.8, 4) is 0 Å². The Hall–Kier alpha value is -2.42. The number of nitrogens with zero attached hydrogens (tertiary/aromatic N) is 2. The van der Waals surface area contributed by atoms with E-state index in [0.717, 1.165) is 16.7 Å². The molecule has 3 aromatic rings. The first-order chi connectivity index (χ1) is 9.22. The van der Waals surface area contributed by atoms with E-state index in [9.17, 15) is 0 Å². The van der Waals surface area contributed by atoms with Crippen LogP contribution in [0.5, 0.6) is 0 Å². The minimum Gasteiger partial charge on any atom is -0.383 e. The molecule has 0 atom stereocenters. The van der Waals surface area contributed by atoms with Crippen molar-refractivity contribution >= 4 is 16.7 Å². The third kappa shape index (κ3) is 2.40. The molecule has 0 radical (unpaired) electrons. The molecule has 0 amide bonds. The highest BCUT2D eigenvalue weighted by Gasteiger charge is 2.05. The molecule has 94 valence electrons. The van der Waals surface area contributed by atoms with Gasteiger partial charge in [0.2, 0.25) is 0 Å². The van der Waals surface area contributed by atoms with Crippen LogP contribution >= 0.6 is 0 Å². The fraction of sp³-hybridized carbons (Fsp3) is 0.125. The van der Waals surface area contributed by atoms with Crippen molar-refractivity contribution in [1.82, 2.24) is 9.97 Å². The van der Waals surface area contributed by atoms with Gasteiger partial charge in [-0.25, -0.2) is 9.97 Å². The van der Waals surface area contributed by atoms with E-state index in [4.69, 9.17) is 5.73 Å². The summed E-state index contributed by atoms with van der Waals surface area (Å²) < 4.78 is 0. The third-order valence-electron chi connectivity index (χ3n) is 3.16. The van der Waals surface area contributed by atoms with Crippen molar-refractivity contribution in [2.45, 2.75) is 13.3 Å². The minimum atomic E-state index is 0.549. The second kappa shape index (κ2) is 4.69. The standard InChI is InChI=1S/C16H15N3/c1-11-6-8-12(9-7-11)10-15-18-14-5-3-2-4-13(14)16(17)19-15/h2-9H,10H2,1H3,(H2,17,18,19). The highest BCUT2D eigenvalue weighted by molar-refractivity contribution is 5.87. The van der Waals surface area contributed by atoms with Gasteiger partial charge in [0.1, 0.15) is 11.6 Å². The zero-order chi connectivity index (χ0) is 13.2. The monoisotopic (exact) mass is 249 g/mol. The molecule has 1 aromatic heterocycles. The Balaban J connectivity index is 1.99. The van der Waals surface area contributed by atoms with Gasteiger partial charge in [-0.15, -0.1) is 0 Å². The van der Waals surface area contributed by atoms with Gasteiger partial charge in [0.25, 0.3) is 0 Å². The lowest BCUT2D eigenvalue weighted by Crippen LogP contribution is -2.01. The number of nitrogens with two attached hydrogens (primary N) is 1. The van der Waals surface area contributed by atoms with Crippen molar-refractivity contribution < 1.29 is 0 Å². The lowest BCUT2D eigenvalue weighted by Gasteiger charge is -2.05. The first-order valence-corrected chi connectivity index (χ1v) is 6.29. The maximum absolute atomic E-state index is 5.98. The van der Waals surface area contributed by atoms with Gasteiger partial charge in [-0.05, 0) is 24.6 Å². The van der Waals surface area contributed by atoms with Crippen LogP contribution in [0.2, 0.25) is 0 Å². The van der Waals surface area contributed by atoms with E-state index in [0.29, 0.717) is 12.2 Å². The molecule has 19 heavy (non-hydrogen) atoms. The lowest BCUT2D eigenvalue weighted by molar-refractivity contribution is 0.997. The van der Waals surface area contributed by atoms with Gasteiger partial charge >= 0.3 is 0 Å². The molecule has 0 aliphatic rings. The molecular weight excluding hydrogens is 234 g/mol. The van der Waals surface area contributed by atoms with Gasteiger partial charge in [0.05, 0.1) is 5.52 Å². The first-order valence-electron chi connectivity index (χ1n) is 6.29. The largest absolute Gasteiger partial charge is 0.383 e. The Bertz CT molecular complexity index is 718. The molecule has 0 saturated carbocycles. The summed E-state index contributed by atoms with van der Waals surface area (Å²) in [6.45, 7) is 2.08. The summed E-state index contributed by atoms with van der Waals surface area (Å²) >= 11 is 0. The number of hydrogen-bond donors (Lipinski definition) is 1. The molecule has 2 N–H and O–H groups in total. The average Bonchev–Trinajstić information content (AvgIpc) is 2.42. The zero-order valence-electron chi connectivity index (χ0n) is 10.8. The predicted molar refractivity (Wildman–Crippen MR) is 77.9 cm³/mol. The highest BCUT2D eigenvalue weighted by Crippen LogP contribution is 2.18. The van der Waals surface area contributed by atoms with Gasteiger partial charge in [-0.2, -0.15) is 0 Å². The molecule has 0 aliphatic heterocycles. The molecule has 3 rings (SSSR count). The van der Waals surface area contributed by atoms with Crippen molar-refractivity contribution in [3.05, 3.63) is 65.5 Å². The van der Waals surface area contributed by atoms with Crippen LogP contribution in [0.3, 0.4) is 0 Å². The Labute approximate surface area is 112 Å². The van der Waals surface area contributed by atoms with Crippen molar-refractivity contribution in [2.24, 2.45) is 0 Å². The van der Waals surface area contributed by atoms with Crippen LogP contribution in [0.25, 0.3) is 10.9 Å². The van der Waals surface area contributed by atoms with Crippen LogP contribution in [-0.2, 0) is 6.42 Å². The van der Waals surface area contributed by atoms with E-state index in [2.05, 4.69) is 41.2 Å². The summed E-state index contributed by atoms with van der Waals surface area (Å²) in [4.78, 5) is 8.95. The van der Waals surface area contributed by atoms with Gasteiger partial charge in [0.15, 0.2) is 0 Å². The molecule has 0 unspecified atom stereocenters. The minimum absolute atomic E-state index is 0.549. The van der Waals surface area contributed by atoms with Crippen LogP contribution in [-0.4, -0.2) is 9.97 Å². The van der Waals surface area contributed by atoms with E-state index in [1.807, 2.05) is 24.3 Å². The number of hydrogen-bond acceptors (Lipinski definition) is 3. The fourth-order valence-electron chi connectivity index (χ4n) is 2.12. The second-order valence-corrected chi connectivity index (χ2v) is 4.70. The molecule has 2 aromatic carbocycles. The topological polar surface area (TPSA) is 51.8 Å². The number of benzene rings is 2. The second-order valence-electron chi connectivity index (χ2n) is 4.70. The number of aromatic nitrogens is 2. The van der Waals surface area contributed by atoms with E-state index in [1.165, 1.54) is 11.1 Å². The number of fused-ring (bicyclic) bond motifs is 1. The maximum Gasteiger partial charge on any atom is 0.135 e.